The summed E-state index contributed by atoms with van der Waals surface area (Å²) in [4.78, 5) is 10.9. The number of benzene rings is 2. The van der Waals surface area contributed by atoms with Crippen molar-refractivity contribution in [1.82, 2.24) is 9.78 Å². The number of carbonyl (C=O) groups is 1. The molecule has 7 heteroatoms. The molecule has 0 saturated heterocycles. The van der Waals surface area contributed by atoms with Crippen molar-refractivity contribution in [2.45, 2.75) is 6.42 Å². The highest BCUT2D eigenvalue weighted by Gasteiger charge is 2.13. The molecule has 1 heterocycles. The van der Waals surface area contributed by atoms with Gasteiger partial charge in [0.1, 0.15) is 11.5 Å². The fourth-order valence-electron chi connectivity index (χ4n) is 2.61. The number of carbonyl (C=O) groups excluding carboxylic acids is 1. The summed E-state index contributed by atoms with van der Waals surface area (Å²) in [5.41, 5.74) is 2.03. The first-order chi connectivity index (χ1) is 12.6. The van der Waals surface area contributed by atoms with E-state index in [0.717, 1.165) is 5.69 Å². The molecular formula is C19H18N3O4-. The minimum atomic E-state index is -1.19. The Balaban J connectivity index is 1.90. The molecule has 1 aromatic heterocycles. The standard InChI is InChI=1S/C19H19N3O4/c1-25-16-12-15(17(26-2)10-13(16)11-19(23)24)20-18-8-9-22(21-18)14-6-4-3-5-7-14/h3-10,12H,11H2,1-2H3,(H,20,21)(H,23,24)/p-1. The first-order valence-corrected chi connectivity index (χ1v) is 7.93. The highest BCUT2D eigenvalue weighted by atomic mass is 16.5. The molecule has 0 aliphatic carbocycles. The van der Waals surface area contributed by atoms with Gasteiger partial charge in [0.15, 0.2) is 5.82 Å². The predicted octanol–water partition coefficient (Wildman–Crippen LogP) is 1.93. The van der Waals surface area contributed by atoms with E-state index in [2.05, 4.69) is 10.4 Å². The van der Waals surface area contributed by atoms with E-state index >= 15 is 0 Å². The number of ether oxygens (including phenoxy) is 2. The van der Waals surface area contributed by atoms with Gasteiger partial charge in [-0.3, -0.25) is 0 Å². The van der Waals surface area contributed by atoms with Crippen molar-refractivity contribution >= 4 is 17.5 Å². The highest BCUT2D eigenvalue weighted by molar-refractivity contribution is 5.73. The molecule has 2 aromatic carbocycles. The lowest BCUT2D eigenvalue weighted by Gasteiger charge is -2.15. The molecule has 1 N–H and O–H groups in total. The second-order valence-corrected chi connectivity index (χ2v) is 5.52. The van der Waals surface area contributed by atoms with Gasteiger partial charge in [-0.1, -0.05) is 18.2 Å². The lowest BCUT2D eigenvalue weighted by Crippen LogP contribution is -2.24. The molecular weight excluding hydrogens is 334 g/mol. The van der Waals surface area contributed by atoms with Crippen LogP contribution in [0.25, 0.3) is 5.69 Å². The highest BCUT2D eigenvalue weighted by Crippen LogP contribution is 2.34. The number of carboxylic acid groups (broad SMARTS) is 1. The smallest absolute Gasteiger partial charge is 0.152 e. The molecule has 0 saturated carbocycles. The number of hydrogen-bond acceptors (Lipinski definition) is 6. The van der Waals surface area contributed by atoms with Crippen LogP contribution in [-0.2, 0) is 11.2 Å². The number of para-hydroxylation sites is 1. The number of nitrogens with one attached hydrogen (secondary N) is 1. The summed E-state index contributed by atoms with van der Waals surface area (Å²) in [6, 6.07) is 14.8. The summed E-state index contributed by atoms with van der Waals surface area (Å²) in [5.74, 6) is 0.339. The van der Waals surface area contributed by atoms with Crippen LogP contribution < -0.4 is 19.9 Å². The average molecular weight is 352 g/mol. The molecule has 3 aromatic rings. The molecule has 0 radical (unpaired) electrons. The van der Waals surface area contributed by atoms with E-state index in [-0.39, 0.29) is 6.42 Å². The van der Waals surface area contributed by atoms with Crippen molar-refractivity contribution in [2.24, 2.45) is 0 Å². The zero-order valence-corrected chi connectivity index (χ0v) is 14.4. The van der Waals surface area contributed by atoms with Gasteiger partial charge >= 0.3 is 0 Å². The number of aliphatic carboxylic acids is 1. The van der Waals surface area contributed by atoms with Gasteiger partial charge in [-0.25, -0.2) is 4.68 Å². The molecule has 0 aliphatic rings. The van der Waals surface area contributed by atoms with Gasteiger partial charge < -0.3 is 24.7 Å². The zero-order valence-electron chi connectivity index (χ0n) is 14.4. The molecule has 0 atom stereocenters. The van der Waals surface area contributed by atoms with Crippen LogP contribution in [0, 0.1) is 0 Å². The second kappa shape index (κ2) is 7.60. The third-order valence-corrected chi connectivity index (χ3v) is 3.81. The van der Waals surface area contributed by atoms with Gasteiger partial charge in [0.25, 0.3) is 0 Å². The number of methoxy groups -OCH3 is 2. The molecule has 0 spiro atoms. The van der Waals surface area contributed by atoms with Crippen molar-refractivity contribution in [3.63, 3.8) is 0 Å². The van der Waals surface area contributed by atoms with E-state index in [1.54, 1.807) is 16.8 Å². The van der Waals surface area contributed by atoms with E-state index in [1.807, 2.05) is 42.6 Å². The maximum absolute atomic E-state index is 10.9. The average Bonchev–Trinajstić information content (AvgIpc) is 3.11. The van der Waals surface area contributed by atoms with Crippen LogP contribution in [-0.4, -0.2) is 30.0 Å². The van der Waals surface area contributed by atoms with Crippen molar-refractivity contribution in [3.05, 3.63) is 60.3 Å². The van der Waals surface area contributed by atoms with E-state index < -0.39 is 5.97 Å². The predicted molar refractivity (Wildman–Crippen MR) is 95.1 cm³/mol. The Bertz CT molecular complexity index is 906. The van der Waals surface area contributed by atoms with Gasteiger partial charge in [-0.15, -0.1) is 0 Å². The van der Waals surface area contributed by atoms with Crippen LogP contribution in [0.4, 0.5) is 11.5 Å². The molecule has 134 valence electrons. The number of hydrogen-bond donors (Lipinski definition) is 1. The quantitative estimate of drug-likeness (QED) is 0.699. The van der Waals surface area contributed by atoms with Crippen molar-refractivity contribution < 1.29 is 19.4 Å². The van der Waals surface area contributed by atoms with Gasteiger partial charge in [-0.2, -0.15) is 5.10 Å². The zero-order chi connectivity index (χ0) is 18.5. The van der Waals surface area contributed by atoms with Crippen LogP contribution in [0.15, 0.2) is 54.7 Å². The topological polar surface area (TPSA) is 88.4 Å². The molecule has 0 fully saturated rings. The van der Waals surface area contributed by atoms with E-state index in [0.29, 0.717) is 28.6 Å². The van der Waals surface area contributed by atoms with Gasteiger partial charge in [0.2, 0.25) is 0 Å². The minimum Gasteiger partial charge on any atom is -0.550 e. The maximum Gasteiger partial charge on any atom is 0.152 e. The van der Waals surface area contributed by atoms with Crippen LogP contribution in [0.2, 0.25) is 0 Å². The van der Waals surface area contributed by atoms with Gasteiger partial charge in [0.05, 0.1) is 25.6 Å². The van der Waals surface area contributed by atoms with E-state index in [4.69, 9.17) is 9.47 Å². The lowest BCUT2D eigenvalue weighted by atomic mass is 10.1. The number of nitrogens with zero attached hydrogens (tertiary/aromatic N) is 2. The largest absolute Gasteiger partial charge is 0.550 e. The lowest BCUT2D eigenvalue weighted by molar-refractivity contribution is -0.304. The molecule has 26 heavy (non-hydrogen) atoms. The summed E-state index contributed by atoms with van der Waals surface area (Å²) in [7, 11) is 2.99. The Hall–Kier alpha value is -3.48. The van der Waals surface area contributed by atoms with Gasteiger partial charge in [0, 0.05) is 36.3 Å². The monoisotopic (exact) mass is 352 g/mol. The summed E-state index contributed by atoms with van der Waals surface area (Å²) >= 11 is 0. The maximum atomic E-state index is 10.9. The van der Waals surface area contributed by atoms with E-state index in [9.17, 15) is 9.90 Å². The summed E-state index contributed by atoms with van der Waals surface area (Å²) in [6.45, 7) is 0. The Morgan fingerprint density at radius 2 is 1.85 bits per heavy atom. The van der Waals surface area contributed by atoms with Gasteiger partial charge in [-0.05, 0) is 18.2 Å². The fourth-order valence-corrected chi connectivity index (χ4v) is 2.61. The van der Waals surface area contributed by atoms with E-state index in [1.165, 1.54) is 14.2 Å². The molecule has 0 unspecified atom stereocenters. The number of carboxylic acids is 1. The Morgan fingerprint density at radius 1 is 1.12 bits per heavy atom. The van der Waals surface area contributed by atoms with Crippen LogP contribution >= 0.6 is 0 Å². The minimum absolute atomic E-state index is 0.261. The Morgan fingerprint density at radius 3 is 2.50 bits per heavy atom. The molecule has 7 nitrogen and oxygen atoms in total. The second-order valence-electron chi connectivity index (χ2n) is 5.52. The Labute approximate surface area is 150 Å². The number of anilines is 2. The first-order valence-electron chi connectivity index (χ1n) is 7.93. The van der Waals surface area contributed by atoms with Crippen molar-refractivity contribution in [1.29, 1.82) is 0 Å². The SMILES string of the molecule is COc1cc(Nc2ccn(-c3ccccc3)n2)c(OC)cc1CC(=O)[O-]. The summed E-state index contributed by atoms with van der Waals surface area (Å²) < 4.78 is 12.4. The van der Waals surface area contributed by atoms with Crippen molar-refractivity contribution in [3.8, 4) is 17.2 Å². The molecule has 0 aliphatic heterocycles. The van der Waals surface area contributed by atoms with Crippen LogP contribution in [0.5, 0.6) is 11.5 Å². The fraction of sp³-hybridized carbons (Fsp3) is 0.158. The van der Waals surface area contributed by atoms with Crippen molar-refractivity contribution in [2.75, 3.05) is 19.5 Å². The third-order valence-electron chi connectivity index (χ3n) is 3.81. The molecule has 0 bridgehead atoms. The normalized spacial score (nSPS) is 10.4. The molecule has 0 amide bonds. The van der Waals surface area contributed by atoms with Crippen LogP contribution in [0.3, 0.4) is 0 Å². The number of rotatable bonds is 7. The summed E-state index contributed by atoms with van der Waals surface area (Å²) in [5, 5.41) is 18.6. The third kappa shape index (κ3) is 3.77. The number of aromatic nitrogens is 2. The first kappa shape index (κ1) is 17.3. The molecule has 3 rings (SSSR count). The summed E-state index contributed by atoms with van der Waals surface area (Å²) in [6.07, 6.45) is 1.58. The Kier molecular flexibility index (Phi) is 5.07. The van der Waals surface area contributed by atoms with Crippen LogP contribution in [0.1, 0.15) is 5.56 Å².